The van der Waals surface area contributed by atoms with Gasteiger partial charge >= 0.3 is 0 Å². The van der Waals surface area contributed by atoms with Gasteiger partial charge in [0.1, 0.15) is 5.82 Å². The number of nitrogens with zero attached hydrogens (tertiary/aromatic N) is 2. The molecule has 18 heavy (non-hydrogen) atoms. The molecule has 0 radical (unpaired) electrons. The normalized spacial score (nSPS) is 19.7. The Labute approximate surface area is 109 Å². The van der Waals surface area contributed by atoms with Gasteiger partial charge in [-0.15, -0.1) is 0 Å². The van der Waals surface area contributed by atoms with Crippen LogP contribution in [0.4, 0.5) is 5.82 Å². The SMILES string of the molecule is [2H]C([2H])([2H])Nc1nccc2cc(C3(C(N)=O)CC3)ncc12. The third kappa shape index (κ3) is 1.44. The predicted octanol–water partition coefficient (Wildman–Crippen LogP) is 1.19. The molecule has 0 spiro atoms. The van der Waals surface area contributed by atoms with Gasteiger partial charge in [-0.2, -0.15) is 0 Å². The molecule has 0 unspecified atom stereocenters. The summed E-state index contributed by atoms with van der Waals surface area (Å²) in [5, 5.41) is 3.75. The van der Waals surface area contributed by atoms with Crippen LogP contribution in [0.5, 0.6) is 0 Å². The molecule has 0 aliphatic heterocycles. The molecule has 2 aromatic rings. The van der Waals surface area contributed by atoms with Gasteiger partial charge in [0.25, 0.3) is 0 Å². The molecular formula is C13H14N4O. The molecule has 5 heteroatoms. The summed E-state index contributed by atoms with van der Waals surface area (Å²) in [5.41, 5.74) is 5.42. The van der Waals surface area contributed by atoms with E-state index in [4.69, 9.17) is 9.85 Å². The second-order valence-corrected chi connectivity index (χ2v) is 4.52. The highest BCUT2D eigenvalue weighted by molar-refractivity contribution is 5.94. The lowest BCUT2D eigenvalue weighted by atomic mass is 9.99. The first-order valence-electron chi connectivity index (χ1n) is 7.15. The Morgan fingerprint density at radius 3 is 3.06 bits per heavy atom. The molecule has 3 N–H and O–H groups in total. The third-order valence-corrected chi connectivity index (χ3v) is 3.48. The Bertz CT molecular complexity index is 725. The van der Waals surface area contributed by atoms with Gasteiger partial charge < -0.3 is 11.1 Å². The van der Waals surface area contributed by atoms with Gasteiger partial charge in [0, 0.05) is 28.9 Å². The van der Waals surface area contributed by atoms with Gasteiger partial charge in [-0.3, -0.25) is 9.78 Å². The lowest BCUT2D eigenvalue weighted by Gasteiger charge is -2.11. The van der Waals surface area contributed by atoms with E-state index in [1.165, 1.54) is 12.4 Å². The third-order valence-electron chi connectivity index (χ3n) is 3.48. The number of pyridine rings is 2. The zero-order chi connectivity index (χ0) is 15.3. The van der Waals surface area contributed by atoms with Crippen molar-refractivity contribution in [1.82, 2.24) is 9.97 Å². The molecule has 0 aromatic carbocycles. The van der Waals surface area contributed by atoms with E-state index in [1.54, 1.807) is 12.1 Å². The zero-order valence-corrected chi connectivity index (χ0v) is 9.60. The first-order chi connectivity index (χ1) is 9.82. The predicted molar refractivity (Wildman–Crippen MR) is 69.2 cm³/mol. The smallest absolute Gasteiger partial charge is 0.229 e. The lowest BCUT2D eigenvalue weighted by molar-refractivity contribution is -0.120. The number of aromatic nitrogens is 2. The molecule has 1 aliphatic carbocycles. The molecule has 1 fully saturated rings. The van der Waals surface area contributed by atoms with Crippen molar-refractivity contribution in [2.75, 3.05) is 12.3 Å². The van der Waals surface area contributed by atoms with Crippen LogP contribution in [0.3, 0.4) is 0 Å². The summed E-state index contributed by atoms with van der Waals surface area (Å²) in [7, 11) is 0. The topological polar surface area (TPSA) is 80.9 Å². The summed E-state index contributed by atoms with van der Waals surface area (Å²) in [6.45, 7) is -2.33. The Balaban J connectivity index is 2.06. The number of hydrogen-bond donors (Lipinski definition) is 2. The number of rotatable bonds is 3. The van der Waals surface area contributed by atoms with Crippen LogP contribution in [-0.4, -0.2) is 22.9 Å². The molecule has 1 aliphatic rings. The van der Waals surface area contributed by atoms with Crippen LogP contribution in [0.15, 0.2) is 24.5 Å². The Morgan fingerprint density at radius 2 is 2.39 bits per heavy atom. The van der Waals surface area contributed by atoms with Gasteiger partial charge in [-0.1, -0.05) is 0 Å². The number of anilines is 1. The standard InChI is InChI=1S/C13H14N4O/c1-15-11-9-7-17-10(6-8(9)2-5-16-11)13(3-4-13)12(14)18/h2,5-7H,3-4H2,1H3,(H2,14,18)(H,15,16)/i1D3. The Hall–Kier alpha value is -2.17. The molecule has 0 saturated heterocycles. The average molecular weight is 245 g/mol. The summed E-state index contributed by atoms with van der Waals surface area (Å²) in [4.78, 5) is 19.9. The van der Waals surface area contributed by atoms with Gasteiger partial charge in [0.15, 0.2) is 0 Å². The fourth-order valence-corrected chi connectivity index (χ4v) is 2.18. The van der Waals surface area contributed by atoms with Crippen molar-refractivity contribution < 1.29 is 8.91 Å². The number of amides is 1. The maximum absolute atomic E-state index is 11.6. The van der Waals surface area contributed by atoms with Crippen molar-refractivity contribution >= 4 is 22.5 Å². The van der Waals surface area contributed by atoms with Crippen molar-refractivity contribution in [2.45, 2.75) is 18.3 Å². The largest absolute Gasteiger partial charge is 0.373 e. The highest BCUT2D eigenvalue weighted by Gasteiger charge is 2.51. The summed E-state index contributed by atoms with van der Waals surface area (Å²) >= 11 is 0. The van der Waals surface area contributed by atoms with Crippen LogP contribution >= 0.6 is 0 Å². The van der Waals surface area contributed by atoms with E-state index >= 15 is 0 Å². The van der Waals surface area contributed by atoms with Crippen molar-refractivity contribution in [2.24, 2.45) is 5.73 Å². The van der Waals surface area contributed by atoms with E-state index < -0.39 is 12.4 Å². The number of carbonyl (C=O) groups excluding carboxylic acids is 1. The van der Waals surface area contributed by atoms with E-state index in [0.717, 1.165) is 5.39 Å². The fourth-order valence-electron chi connectivity index (χ4n) is 2.18. The minimum Gasteiger partial charge on any atom is -0.373 e. The van der Waals surface area contributed by atoms with Crippen LogP contribution in [0.1, 0.15) is 22.6 Å². The quantitative estimate of drug-likeness (QED) is 0.851. The first-order valence-corrected chi connectivity index (χ1v) is 5.65. The van der Waals surface area contributed by atoms with E-state index in [2.05, 4.69) is 15.3 Å². The monoisotopic (exact) mass is 245 g/mol. The Morgan fingerprint density at radius 1 is 1.56 bits per heavy atom. The van der Waals surface area contributed by atoms with E-state index in [0.29, 0.717) is 23.9 Å². The molecule has 2 heterocycles. The number of nitrogens with one attached hydrogen (secondary N) is 1. The number of primary amides is 1. The summed E-state index contributed by atoms with van der Waals surface area (Å²) in [5.74, 6) is -0.125. The van der Waals surface area contributed by atoms with E-state index in [-0.39, 0.29) is 11.7 Å². The molecular weight excluding hydrogens is 228 g/mol. The maximum atomic E-state index is 11.6. The van der Waals surface area contributed by atoms with Crippen LogP contribution in [0, 0.1) is 0 Å². The number of hydrogen-bond acceptors (Lipinski definition) is 4. The van der Waals surface area contributed by atoms with Crippen LogP contribution < -0.4 is 11.1 Å². The fraction of sp³-hybridized carbons (Fsp3) is 0.308. The maximum Gasteiger partial charge on any atom is 0.229 e. The number of fused-ring (bicyclic) bond motifs is 1. The number of carbonyl (C=O) groups is 1. The molecule has 1 amide bonds. The van der Waals surface area contributed by atoms with Crippen molar-refractivity contribution in [3.05, 3.63) is 30.2 Å². The summed E-state index contributed by atoms with van der Waals surface area (Å²) in [6, 6.07) is 3.53. The zero-order valence-electron chi connectivity index (χ0n) is 12.6. The van der Waals surface area contributed by atoms with Crippen molar-refractivity contribution in [1.29, 1.82) is 0 Å². The molecule has 5 nitrogen and oxygen atoms in total. The van der Waals surface area contributed by atoms with Crippen LogP contribution in [0.25, 0.3) is 10.8 Å². The molecule has 92 valence electrons. The minimum absolute atomic E-state index is 0.246. The average Bonchev–Trinajstić information content (AvgIpc) is 3.18. The summed E-state index contributed by atoms with van der Waals surface area (Å²) < 4.78 is 21.8. The molecule has 1 saturated carbocycles. The van der Waals surface area contributed by atoms with Gasteiger partial charge in [0.05, 0.1) is 11.1 Å². The van der Waals surface area contributed by atoms with Crippen molar-refractivity contribution in [3.63, 3.8) is 0 Å². The first kappa shape index (κ1) is 8.02. The van der Waals surface area contributed by atoms with Crippen molar-refractivity contribution in [3.8, 4) is 0 Å². The second kappa shape index (κ2) is 3.66. The molecule has 3 rings (SSSR count). The highest BCUT2D eigenvalue weighted by atomic mass is 16.1. The molecule has 0 atom stereocenters. The van der Waals surface area contributed by atoms with Crippen LogP contribution in [-0.2, 0) is 10.2 Å². The van der Waals surface area contributed by atoms with Gasteiger partial charge in [-0.25, -0.2) is 4.98 Å². The minimum atomic E-state index is -2.33. The van der Waals surface area contributed by atoms with Crippen LogP contribution in [0.2, 0.25) is 0 Å². The van der Waals surface area contributed by atoms with E-state index in [9.17, 15) is 4.79 Å². The second-order valence-electron chi connectivity index (χ2n) is 4.52. The van der Waals surface area contributed by atoms with E-state index in [1.807, 2.05) is 0 Å². The molecule has 2 aromatic heterocycles. The molecule has 0 bridgehead atoms. The summed E-state index contributed by atoms with van der Waals surface area (Å²) in [6.07, 6.45) is 4.46. The lowest BCUT2D eigenvalue weighted by Crippen LogP contribution is -2.29. The number of nitrogens with two attached hydrogens (primary N) is 1. The van der Waals surface area contributed by atoms with Gasteiger partial charge in [-0.05, 0) is 30.4 Å². The highest BCUT2D eigenvalue weighted by Crippen LogP contribution is 2.47. The Kier molecular flexibility index (Phi) is 1.63. The van der Waals surface area contributed by atoms with Gasteiger partial charge in [0.2, 0.25) is 5.91 Å².